The van der Waals surface area contributed by atoms with E-state index in [9.17, 15) is 4.79 Å². The highest BCUT2D eigenvalue weighted by Gasteiger charge is 2.11. The van der Waals surface area contributed by atoms with Gasteiger partial charge < -0.3 is 9.88 Å². The topological polar surface area (TPSA) is 46.9 Å². The summed E-state index contributed by atoms with van der Waals surface area (Å²) in [6.45, 7) is 4.09. The molecule has 0 aliphatic carbocycles. The predicted octanol–water partition coefficient (Wildman–Crippen LogP) is 2.13. The van der Waals surface area contributed by atoms with Gasteiger partial charge in [0.05, 0.1) is 12.6 Å². The number of rotatable bonds is 4. The second kappa shape index (κ2) is 5.49. The Morgan fingerprint density at radius 3 is 2.78 bits per heavy atom. The van der Waals surface area contributed by atoms with Crippen molar-refractivity contribution in [1.82, 2.24) is 14.9 Å². The molecule has 0 aliphatic rings. The number of aromatic nitrogens is 2. The number of hydrogen-bond acceptors (Lipinski definition) is 2. The number of carbonyl (C=O) groups is 1. The van der Waals surface area contributed by atoms with Crippen molar-refractivity contribution in [2.24, 2.45) is 0 Å². The summed E-state index contributed by atoms with van der Waals surface area (Å²) in [5.41, 5.74) is 1.22. The fourth-order valence-corrected chi connectivity index (χ4v) is 1.93. The molecule has 0 saturated carbocycles. The molecule has 1 heterocycles. The molecule has 1 N–H and O–H groups in total. The van der Waals surface area contributed by atoms with E-state index < -0.39 is 0 Å². The van der Waals surface area contributed by atoms with Crippen molar-refractivity contribution in [2.45, 2.75) is 26.4 Å². The minimum Gasteiger partial charge on any atom is -0.349 e. The Morgan fingerprint density at radius 2 is 2.11 bits per heavy atom. The smallest absolute Gasteiger partial charge is 0.217 e. The van der Waals surface area contributed by atoms with Gasteiger partial charge in [0.25, 0.3) is 0 Å². The van der Waals surface area contributed by atoms with Gasteiger partial charge in [-0.15, -0.1) is 0 Å². The molecule has 0 spiro atoms. The summed E-state index contributed by atoms with van der Waals surface area (Å²) < 4.78 is 2.07. The predicted molar refractivity (Wildman–Crippen MR) is 70.0 cm³/mol. The summed E-state index contributed by atoms with van der Waals surface area (Å²) in [4.78, 5) is 15.2. The summed E-state index contributed by atoms with van der Waals surface area (Å²) in [7, 11) is 0. The number of benzene rings is 1. The number of hydrogen-bond donors (Lipinski definition) is 1. The molecule has 1 atom stereocenters. The molecule has 0 fully saturated rings. The van der Waals surface area contributed by atoms with Crippen LogP contribution in [0.5, 0.6) is 0 Å². The molecular formula is C14H17N3O. The van der Waals surface area contributed by atoms with Gasteiger partial charge in [0.2, 0.25) is 5.91 Å². The minimum atomic E-state index is -0.0445. The maximum Gasteiger partial charge on any atom is 0.217 e. The van der Waals surface area contributed by atoms with Gasteiger partial charge in [0.1, 0.15) is 5.82 Å². The number of nitrogens with zero attached hydrogens (tertiary/aromatic N) is 2. The largest absolute Gasteiger partial charge is 0.349 e. The molecule has 0 radical (unpaired) electrons. The highest BCUT2D eigenvalue weighted by Crippen LogP contribution is 2.18. The van der Waals surface area contributed by atoms with Crippen molar-refractivity contribution < 1.29 is 4.79 Å². The Kier molecular flexibility index (Phi) is 3.77. The van der Waals surface area contributed by atoms with Gasteiger partial charge in [-0.25, -0.2) is 4.98 Å². The summed E-state index contributed by atoms with van der Waals surface area (Å²) in [6.07, 6.45) is 3.70. The van der Waals surface area contributed by atoms with Crippen LogP contribution in [0.4, 0.5) is 0 Å². The average molecular weight is 243 g/mol. The molecular weight excluding hydrogens is 226 g/mol. The molecule has 0 saturated heterocycles. The standard InChI is InChI=1S/C14H17N3O/c1-11(13-6-4-3-5-7-13)17-9-8-15-14(17)10-16-12(2)18/h3-9,11H,10H2,1-2H3,(H,16,18). The van der Waals surface area contributed by atoms with Gasteiger partial charge in [0.15, 0.2) is 0 Å². The SMILES string of the molecule is CC(=O)NCc1nccn1C(C)c1ccccc1. The number of imidazole rings is 1. The van der Waals surface area contributed by atoms with E-state index in [4.69, 9.17) is 0 Å². The Balaban J connectivity index is 2.18. The molecule has 1 aromatic carbocycles. The van der Waals surface area contributed by atoms with Gasteiger partial charge in [-0.05, 0) is 12.5 Å². The Hall–Kier alpha value is -2.10. The third-order valence-corrected chi connectivity index (χ3v) is 2.94. The van der Waals surface area contributed by atoms with E-state index >= 15 is 0 Å². The lowest BCUT2D eigenvalue weighted by Crippen LogP contribution is -2.22. The van der Waals surface area contributed by atoms with Crippen LogP contribution in [0.25, 0.3) is 0 Å². The molecule has 1 unspecified atom stereocenters. The van der Waals surface area contributed by atoms with E-state index in [1.165, 1.54) is 12.5 Å². The van der Waals surface area contributed by atoms with Crippen LogP contribution in [-0.4, -0.2) is 15.5 Å². The van der Waals surface area contributed by atoms with Crippen LogP contribution < -0.4 is 5.32 Å². The summed E-state index contributed by atoms with van der Waals surface area (Å²) in [5.74, 6) is 0.818. The normalized spacial score (nSPS) is 12.1. The minimum absolute atomic E-state index is 0.0445. The molecule has 0 aliphatic heterocycles. The van der Waals surface area contributed by atoms with Crippen molar-refractivity contribution in [3.8, 4) is 0 Å². The molecule has 18 heavy (non-hydrogen) atoms. The third-order valence-electron chi connectivity index (χ3n) is 2.94. The van der Waals surface area contributed by atoms with Crippen LogP contribution in [0.15, 0.2) is 42.7 Å². The van der Waals surface area contributed by atoms with Crippen molar-refractivity contribution in [2.75, 3.05) is 0 Å². The monoisotopic (exact) mass is 243 g/mol. The van der Waals surface area contributed by atoms with Crippen molar-refractivity contribution in [3.63, 3.8) is 0 Å². The summed E-state index contributed by atoms with van der Waals surface area (Å²) >= 11 is 0. The molecule has 1 aromatic heterocycles. The molecule has 2 rings (SSSR count). The van der Waals surface area contributed by atoms with Crippen LogP contribution >= 0.6 is 0 Å². The molecule has 1 amide bonds. The van der Waals surface area contributed by atoms with Gasteiger partial charge in [-0.2, -0.15) is 0 Å². The first kappa shape index (κ1) is 12.4. The van der Waals surface area contributed by atoms with E-state index in [2.05, 4.69) is 33.9 Å². The number of amides is 1. The fourth-order valence-electron chi connectivity index (χ4n) is 1.93. The molecule has 4 nitrogen and oxygen atoms in total. The molecule has 0 bridgehead atoms. The molecule has 4 heteroatoms. The van der Waals surface area contributed by atoms with E-state index in [0.717, 1.165) is 5.82 Å². The lowest BCUT2D eigenvalue weighted by molar-refractivity contribution is -0.119. The third kappa shape index (κ3) is 2.77. The molecule has 94 valence electrons. The van der Waals surface area contributed by atoms with Crippen molar-refractivity contribution >= 4 is 5.91 Å². The fraction of sp³-hybridized carbons (Fsp3) is 0.286. The van der Waals surface area contributed by atoms with Gasteiger partial charge in [-0.1, -0.05) is 30.3 Å². The van der Waals surface area contributed by atoms with Crippen molar-refractivity contribution in [3.05, 3.63) is 54.1 Å². The van der Waals surface area contributed by atoms with Gasteiger partial charge in [-0.3, -0.25) is 4.79 Å². The average Bonchev–Trinajstić information content (AvgIpc) is 2.85. The number of nitrogens with one attached hydrogen (secondary N) is 1. The maximum absolute atomic E-state index is 10.9. The first-order valence-corrected chi connectivity index (χ1v) is 5.99. The summed E-state index contributed by atoms with van der Waals surface area (Å²) in [5, 5.41) is 2.77. The van der Waals surface area contributed by atoms with Crippen LogP contribution in [0, 0.1) is 0 Å². The van der Waals surface area contributed by atoms with Crippen LogP contribution in [0.1, 0.15) is 31.3 Å². The Morgan fingerprint density at radius 1 is 1.39 bits per heavy atom. The lowest BCUT2D eigenvalue weighted by Gasteiger charge is -2.17. The number of carbonyl (C=O) groups excluding carboxylic acids is 1. The quantitative estimate of drug-likeness (QED) is 0.894. The zero-order valence-electron chi connectivity index (χ0n) is 10.6. The highest BCUT2D eigenvalue weighted by atomic mass is 16.1. The van der Waals surface area contributed by atoms with Crippen LogP contribution in [-0.2, 0) is 11.3 Å². The Bertz CT molecular complexity index is 519. The van der Waals surface area contributed by atoms with E-state index in [1.807, 2.05) is 24.4 Å². The van der Waals surface area contributed by atoms with Gasteiger partial charge >= 0.3 is 0 Å². The van der Waals surface area contributed by atoms with E-state index in [-0.39, 0.29) is 11.9 Å². The van der Waals surface area contributed by atoms with Crippen LogP contribution in [0.2, 0.25) is 0 Å². The first-order valence-electron chi connectivity index (χ1n) is 5.99. The zero-order chi connectivity index (χ0) is 13.0. The Labute approximate surface area is 107 Å². The van der Waals surface area contributed by atoms with E-state index in [1.54, 1.807) is 6.20 Å². The maximum atomic E-state index is 10.9. The second-order valence-corrected chi connectivity index (χ2v) is 4.25. The highest BCUT2D eigenvalue weighted by molar-refractivity contribution is 5.72. The van der Waals surface area contributed by atoms with Crippen LogP contribution in [0.3, 0.4) is 0 Å². The van der Waals surface area contributed by atoms with E-state index in [0.29, 0.717) is 6.54 Å². The summed E-state index contributed by atoms with van der Waals surface area (Å²) in [6, 6.07) is 10.4. The van der Waals surface area contributed by atoms with Crippen molar-refractivity contribution in [1.29, 1.82) is 0 Å². The zero-order valence-corrected chi connectivity index (χ0v) is 10.6. The van der Waals surface area contributed by atoms with Gasteiger partial charge in [0, 0.05) is 19.3 Å². The lowest BCUT2D eigenvalue weighted by atomic mass is 10.1. The molecule has 2 aromatic rings. The first-order chi connectivity index (χ1) is 8.68. The second-order valence-electron chi connectivity index (χ2n) is 4.25.